The highest BCUT2D eigenvalue weighted by Gasteiger charge is 2.22. The second-order valence-electron chi connectivity index (χ2n) is 4.48. The average Bonchev–Trinajstić information content (AvgIpc) is 2.88. The van der Waals surface area contributed by atoms with Gasteiger partial charge in [-0.15, -0.1) is 0 Å². The van der Waals surface area contributed by atoms with Gasteiger partial charge in [-0.2, -0.15) is 0 Å². The van der Waals surface area contributed by atoms with E-state index >= 15 is 0 Å². The van der Waals surface area contributed by atoms with Crippen LogP contribution in [0.5, 0.6) is 5.75 Å². The van der Waals surface area contributed by atoms with Gasteiger partial charge in [0.25, 0.3) is 0 Å². The van der Waals surface area contributed by atoms with Crippen LogP contribution in [0.4, 0.5) is 4.39 Å². The van der Waals surface area contributed by atoms with E-state index in [0.29, 0.717) is 12.2 Å². The average molecular weight is 312 g/mol. The van der Waals surface area contributed by atoms with Gasteiger partial charge in [-0.3, -0.25) is 4.79 Å². The zero-order chi connectivity index (χ0) is 15.4. The Hall–Kier alpha value is -1.85. The fourth-order valence-electron chi connectivity index (χ4n) is 1.87. The van der Waals surface area contributed by atoms with Crippen LogP contribution in [0.1, 0.15) is 21.6 Å². The van der Waals surface area contributed by atoms with Gasteiger partial charge >= 0.3 is 0 Å². The molecule has 0 aliphatic rings. The van der Waals surface area contributed by atoms with E-state index in [1.807, 2.05) is 0 Å². The molecule has 1 N–H and O–H groups in total. The van der Waals surface area contributed by atoms with E-state index in [4.69, 9.17) is 21.1 Å². The molecule has 4 nitrogen and oxygen atoms in total. The number of nitrogens with one attached hydrogen (secondary N) is 1. The number of hydrogen-bond donors (Lipinski definition) is 1. The number of halogens is 2. The number of benzene rings is 1. The maximum Gasteiger partial charge on any atom is 0.199 e. The number of carbonyl (C=O) groups excluding carboxylic acids is 1. The molecule has 1 heterocycles. The summed E-state index contributed by atoms with van der Waals surface area (Å²) in [6.07, 6.45) is 1.52. The van der Waals surface area contributed by atoms with Crippen molar-refractivity contribution in [3.05, 3.63) is 52.1 Å². The Morgan fingerprint density at radius 1 is 1.38 bits per heavy atom. The molecule has 0 amide bonds. The molecule has 0 atom stereocenters. The summed E-state index contributed by atoms with van der Waals surface area (Å²) in [6.45, 7) is 2.31. The van der Waals surface area contributed by atoms with Gasteiger partial charge in [0.1, 0.15) is 6.61 Å². The number of ether oxygens (including phenoxy) is 2. The van der Waals surface area contributed by atoms with E-state index in [1.54, 1.807) is 13.0 Å². The number of methoxy groups -OCH3 is 1. The molecule has 0 saturated carbocycles. The fraction of sp³-hybridized carbons (Fsp3) is 0.267. The second-order valence-corrected chi connectivity index (χ2v) is 4.88. The molecular weight excluding hydrogens is 297 g/mol. The molecule has 0 aliphatic carbocycles. The number of rotatable bonds is 6. The summed E-state index contributed by atoms with van der Waals surface area (Å²) in [5.41, 5.74) is 0.968. The van der Waals surface area contributed by atoms with Gasteiger partial charge in [-0.05, 0) is 25.1 Å². The van der Waals surface area contributed by atoms with Crippen molar-refractivity contribution < 1.29 is 18.7 Å². The van der Waals surface area contributed by atoms with Gasteiger partial charge in [0.05, 0.1) is 17.2 Å². The van der Waals surface area contributed by atoms with E-state index in [9.17, 15) is 9.18 Å². The molecule has 0 fully saturated rings. The third-order valence-electron chi connectivity index (χ3n) is 2.92. The van der Waals surface area contributed by atoms with Crippen LogP contribution in [0.3, 0.4) is 0 Å². The SMILES string of the molecule is COCCOc1ccc(Cl)c(C(=O)c2c[nH]c(C)c2)c1F. The third-order valence-corrected chi connectivity index (χ3v) is 3.23. The zero-order valence-corrected chi connectivity index (χ0v) is 12.5. The first-order valence-electron chi connectivity index (χ1n) is 6.34. The molecule has 0 spiro atoms. The van der Waals surface area contributed by atoms with Crippen molar-refractivity contribution in [1.82, 2.24) is 4.98 Å². The van der Waals surface area contributed by atoms with E-state index in [2.05, 4.69) is 4.98 Å². The van der Waals surface area contributed by atoms with Gasteiger partial charge in [-0.1, -0.05) is 11.6 Å². The topological polar surface area (TPSA) is 51.3 Å². The molecule has 6 heteroatoms. The Balaban J connectivity index is 2.34. The lowest BCUT2D eigenvalue weighted by Gasteiger charge is -2.10. The fourth-order valence-corrected chi connectivity index (χ4v) is 2.10. The minimum absolute atomic E-state index is 0.0212. The number of carbonyl (C=O) groups is 1. The summed E-state index contributed by atoms with van der Waals surface area (Å²) in [5, 5.41) is 0.0513. The molecule has 0 aliphatic heterocycles. The Bertz CT molecular complexity index is 654. The first kappa shape index (κ1) is 15.5. The van der Waals surface area contributed by atoms with E-state index in [1.165, 1.54) is 25.4 Å². The molecule has 0 saturated heterocycles. The first-order chi connectivity index (χ1) is 10.0. The number of H-pyrrole nitrogens is 1. The van der Waals surface area contributed by atoms with Crippen molar-refractivity contribution in [2.24, 2.45) is 0 Å². The van der Waals surface area contributed by atoms with Crippen molar-refractivity contribution in [2.75, 3.05) is 20.3 Å². The van der Waals surface area contributed by atoms with Crippen molar-refractivity contribution in [3.8, 4) is 5.75 Å². The van der Waals surface area contributed by atoms with Crippen LogP contribution in [0.2, 0.25) is 5.02 Å². The van der Waals surface area contributed by atoms with Crippen LogP contribution in [0.15, 0.2) is 24.4 Å². The second kappa shape index (κ2) is 6.74. The van der Waals surface area contributed by atoms with Gasteiger partial charge in [0.2, 0.25) is 0 Å². The van der Waals surface area contributed by atoms with Crippen molar-refractivity contribution >= 4 is 17.4 Å². The zero-order valence-electron chi connectivity index (χ0n) is 11.7. The normalized spacial score (nSPS) is 10.7. The van der Waals surface area contributed by atoms with Gasteiger partial charge in [-0.25, -0.2) is 4.39 Å². The first-order valence-corrected chi connectivity index (χ1v) is 6.72. The summed E-state index contributed by atoms with van der Waals surface area (Å²) in [4.78, 5) is 15.2. The molecule has 112 valence electrons. The van der Waals surface area contributed by atoms with E-state index in [0.717, 1.165) is 5.69 Å². The quantitative estimate of drug-likeness (QED) is 0.657. The molecule has 1 aromatic heterocycles. The summed E-state index contributed by atoms with van der Waals surface area (Å²) in [7, 11) is 1.52. The van der Waals surface area contributed by atoms with Crippen LogP contribution in [0, 0.1) is 12.7 Å². The number of aromatic nitrogens is 1. The summed E-state index contributed by atoms with van der Waals surface area (Å²) in [6, 6.07) is 4.47. The molecule has 0 radical (unpaired) electrons. The lowest BCUT2D eigenvalue weighted by atomic mass is 10.0. The summed E-state index contributed by atoms with van der Waals surface area (Å²) >= 11 is 5.96. The van der Waals surface area contributed by atoms with Crippen molar-refractivity contribution in [2.45, 2.75) is 6.92 Å². The van der Waals surface area contributed by atoms with Crippen LogP contribution < -0.4 is 4.74 Å². The van der Waals surface area contributed by atoms with Gasteiger partial charge in [0.15, 0.2) is 17.3 Å². The van der Waals surface area contributed by atoms with Crippen LogP contribution >= 0.6 is 11.6 Å². The minimum atomic E-state index is -0.762. The van der Waals surface area contributed by atoms with Gasteiger partial charge in [0, 0.05) is 24.6 Å². The molecule has 1 aromatic carbocycles. The Labute approximate surface area is 126 Å². The monoisotopic (exact) mass is 311 g/mol. The highest BCUT2D eigenvalue weighted by atomic mass is 35.5. The lowest BCUT2D eigenvalue weighted by molar-refractivity contribution is 0.103. The standard InChI is InChI=1S/C15H15ClFNO3/c1-9-7-10(8-18-9)15(19)13-11(16)3-4-12(14(13)17)21-6-5-20-2/h3-4,7-8,18H,5-6H2,1-2H3. The van der Waals surface area contributed by atoms with E-state index < -0.39 is 11.6 Å². The van der Waals surface area contributed by atoms with Crippen LogP contribution in [-0.2, 0) is 4.74 Å². The number of aromatic amines is 1. The molecule has 2 rings (SSSR count). The van der Waals surface area contributed by atoms with Crippen molar-refractivity contribution in [3.63, 3.8) is 0 Å². The Morgan fingerprint density at radius 3 is 2.76 bits per heavy atom. The third kappa shape index (κ3) is 3.43. The Kier molecular flexibility index (Phi) is 4.98. The summed E-state index contributed by atoms with van der Waals surface area (Å²) < 4.78 is 24.5. The maximum atomic E-state index is 14.4. The van der Waals surface area contributed by atoms with Crippen LogP contribution in [-0.4, -0.2) is 31.1 Å². The highest BCUT2D eigenvalue weighted by molar-refractivity contribution is 6.35. The molecule has 0 unspecified atom stereocenters. The number of aryl methyl sites for hydroxylation is 1. The largest absolute Gasteiger partial charge is 0.488 e. The predicted molar refractivity (Wildman–Crippen MR) is 77.7 cm³/mol. The molecule has 21 heavy (non-hydrogen) atoms. The smallest absolute Gasteiger partial charge is 0.199 e. The molecule has 0 bridgehead atoms. The number of ketones is 1. The maximum absolute atomic E-state index is 14.4. The van der Waals surface area contributed by atoms with Crippen LogP contribution in [0.25, 0.3) is 0 Å². The summed E-state index contributed by atoms with van der Waals surface area (Å²) in [5.74, 6) is -1.27. The molecule has 2 aromatic rings. The lowest BCUT2D eigenvalue weighted by Crippen LogP contribution is -2.09. The minimum Gasteiger partial charge on any atom is -0.488 e. The van der Waals surface area contributed by atoms with Gasteiger partial charge < -0.3 is 14.5 Å². The van der Waals surface area contributed by atoms with Crippen molar-refractivity contribution in [1.29, 1.82) is 0 Å². The Morgan fingerprint density at radius 2 is 2.14 bits per heavy atom. The number of hydrogen-bond acceptors (Lipinski definition) is 3. The predicted octanol–water partition coefficient (Wildman–Crippen LogP) is 3.37. The molecular formula is C15H15ClFNO3. The highest BCUT2D eigenvalue weighted by Crippen LogP contribution is 2.29. The van der Waals surface area contributed by atoms with E-state index in [-0.39, 0.29) is 22.9 Å².